The lowest BCUT2D eigenvalue weighted by atomic mass is 9.85. The molecule has 1 heterocycles. The maximum atomic E-state index is 13.2. The Morgan fingerprint density at radius 2 is 2.00 bits per heavy atom. The number of aryl methyl sites for hydroxylation is 1. The van der Waals surface area contributed by atoms with Gasteiger partial charge in [-0.2, -0.15) is 0 Å². The average molecular weight is 344 g/mol. The summed E-state index contributed by atoms with van der Waals surface area (Å²) in [5.74, 6) is 0.664. The van der Waals surface area contributed by atoms with E-state index in [9.17, 15) is 4.79 Å². The zero-order valence-corrected chi connectivity index (χ0v) is 15.4. The minimum atomic E-state index is 0.143. The summed E-state index contributed by atoms with van der Waals surface area (Å²) in [6.45, 7) is 5.23. The smallest absolute Gasteiger partial charge is 0.258 e. The Bertz CT molecular complexity index is 774. The van der Waals surface area contributed by atoms with E-state index in [0.717, 1.165) is 36.9 Å². The number of halogens is 1. The quantitative estimate of drug-likeness (QED) is 0.680. The highest BCUT2D eigenvalue weighted by Crippen LogP contribution is 2.29. The van der Waals surface area contributed by atoms with E-state index in [2.05, 4.69) is 24.5 Å². The van der Waals surface area contributed by atoms with Crippen molar-refractivity contribution >= 4 is 11.6 Å². The molecule has 0 bridgehead atoms. The van der Waals surface area contributed by atoms with Crippen LogP contribution in [-0.2, 0) is 19.4 Å². The predicted octanol–water partition coefficient (Wildman–Crippen LogP) is 5.48. The van der Waals surface area contributed by atoms with Gasteiger partial charge in [-0.25, -0.2) is 0 Å². The molecule has 3 rings (SSSR count). The van der Waals surface area contributed by atoms with Gasteiger partial charge in [-0.3, -0.25) is 4.79 Å². The van der Waals surface area contributed by atoms with Crippen LogP contribution in [-0.4, -0.2) is 4.57 Å². The Kier molecular flexibility index (Phi) is 5.45. The van der Waals surface area contributed by atoms with Gasteiger partial charge in [0.05, 0.1) is 0 Å². The molecular weight excluding hydrogens is 318 g/mol. The standard InChI is InChI=1S/C21H26ClNO/c1-3-7-20-16(4-2)13-19(17-10-6-11-18(22)12-17)21(24)23(20)14-15-8-5-9-15/h6,10-13,15H,3-5,7-9,14H2,1-2H3. The number of hydrogen-bond acceptors (Lipinski definition) is 1. The van der Waals surface area contributed by atoms with Gasteiger partial charge in [0, 0.05) is 22.8 Å². The number of aromatic nitrogens is 1. The molecule has 1 aliphatic carbocycles. The summed E-state index contributed by atoms with van der Waals surface area (Å²) in [7, 11) is 0. The molecule has 1 saturated carbocycles. The molecule has 0 unspecified atom stereocenters. The van der Waals surface area contributed by atoms with Gasteiger partial charge in [0.2, 0.25) is 0 Å². The fourth-order valence-corrected chi connectivity index (χ4v) is 3.78. The lowest BCUT2D eigenvalue weighted by Crippen LogP contribution is -2.31. The Labute approximate surface area is 149 Å². The van der Waals surface area contributed by atoms with Crippen LogP contribution in [0.5, 0.6) is 0 Å². The second-order valence-electron chi connectivity index (χ2n) is 6.86. The lowest BCUT2D eigenvalue weighted by molar-refractivity contribution is 0.270. The second kappa shape index (κ2) is 7.57. The molecule has 0 spiro atoms. The van der Waals surface area contributed by atoms with Gasteiger partial charge < -0.3 is 4.57 Å². The first-order valence-corrected chi connectivity index (χ1v) is 9.53. The second-order valence-corrected chi connectivity index (χ2v) is 7.29. The van der Waals surface area contributed by atoms with Crippen molar-refractivity contribution in [3.63, 3.8) is 0 Å². The van der Waals surface area contributed by atoms with E-state index >= 15 is 0 Å². The molecule has 24 heavy (non-hydrogen) atoms. The number of hydrogen-bond donors (Lipinski definition) is 0. The summed E-state index contributed by atoms with van der Waals surface area (Å²) >= 11 is 6.15. The molecule has 0 amide bonds. The first-order chi connectivity index (χ1) is 11.6. The third-order valence-corrected chi connectivity index (χ3v) is 5.39. The highest BCUT2D eigenvalue weighted by Gasteiger charge is 2.22. The highest BCUT2D eigenvalue weighted by atomic mass is 35.5. The van der Waals surface area contributed by atoms with E-state index < -0.39 is 0 Å². The van der Waals surface area contributed by atoms with Crippen LogP contribution in [0.1, 0.15) is 50.8 Å². The molecule has 0 atom stereocenters. The van der Waals surface area contributed by atoms with Gasteiger partial charge >= 0.3 is 0 Å². The van der Waals surface area contributed by atoms with Crippen LogP contribution >= 0.6 is 11.6 Å². The van der Waals surface area contributed by atoms with Crippen LogP contribution in [0.4, 0.5) is 0 Å². The third-order valence-electron chi connectivity index (χ3n) is 5.16. The first kappa shape index (κ1) is 17.3. The molecule has 1 fully saturated rings. The van der Waals surface area contributed by atoms with Gasteiger partial charge in [-0.15, -0.1) is 0 Å². The van der Waals surface area contributed by atoms with Gasteiger partial charge in [0.15, 0.2) is 0 Å². The van der Waals surface area contributed by atoms with E-state index in [1.807, 2.05) is 24.3 Å². The van der Waals surface area contributed by atoms with Crippen molar-refractivity contribution in [2.75, 3.05) is 0 Å². The van der Waals surface area contributed by atoms with Gasteiger partial charge in [-0.05, 0) is 60.9 Å². The maximum Gasteiger partial charge on any atom is 0.258 e. The summed E-state index contributed by atoms with van der Waals surface area (Å²) < 4.78 is 2.07. The van der Waals surface area contributed by atoms with Crippen LogP contribution in [0, 0.1) is 5.92 Å². The molecule has 0 saturated heterocycles. The largest absolute Gasteiger partial charge is 0.312 e. The topological polar surface area (TPSA) is 22.0 Å². The summed E-state index contributed by atoms with van der Waals surface area (Å²) in [6, 6.07) is 9.74. The van der Waals surface area contributed by atoms with Crippen LogP contribution in [0.15, 0.2) is 35.1 Å². The van der Waals surface area contributed by atoms with E-state index in [4.69, 9.17) is 11.6 Å². The van der Waals surface area contributed by atoms with Crippen LogP contribution in [0.2, 0.25) is 5.02 Å². The van der Waals surface area contributed by atoms with Crippen LogP contribution in [0.3, 0.4) is 0 Å². The normalized spacial score (nSPS) is 14.6. The number of rotatable bonds is 6. The monoisotopic (exact) mass is 343 g/mol. The molecule has 0 radical (unpaired) electrons. The van der Waals surface area contributed by atoms with Crippen molar-refractivity contribution in [2.45, 2.75) is 58.9 Å². The van der Waals surface area contributed by atoms with Crippen LogP contribution < -0.4 is 5.56 Å². The molecule has 2 aromatic rings. The Morgan fingerprint density at radius 3 is 2.58 bits per heavy atom. The van der Waals surface area contributed by atoms with Crippen LogP contribution in [0.25, 0.3) is 11.1 Å². The molecule has 0 aliphatic heterocycles. The summed E-state index contributed by atoms with van der Waals surface area (Å²) in [6.07, 6.45) is 6.79. The molecule has 2 nitrogen and oxygen atoms in total. The predicted molar refractivity (Wildman–Crippen MR) is 102 cm³/mol. The lowest BCUT2D eigenvalue weighted by Gasteiger charge is -2.28. The number of benzene rings is 1. The average Bonchev–Trinajstić information content (AvgIpc) is 2.53. The Balaban J connectivity index is 2.15. The zero-order valence-electron chi connectivity index (χ0n) is 14.6. The fourth-order valence-electron chi connectivity index (χ4n) is 3.59. The SMILES string of the molecule is CCCc1c(CC)cc(-c2cccc(Cl)c2)c(=O)n1CC1CCC1. The summed E-state index contributed by atoms with van der Waals surface area (Å²) in [4.78, 5) is 13.2. The van der Waals surface area contributed by atoms with E-state index in [1.54, 1.807) is 0 Å². The molecule has 0 N–H and O–H groups in total. The minimum absolute atomic E-state index is 0.143. The van der Waals surface area contributed by atoms with Crippen molar-refractivity contribution in [1.82, 2.24) is 4.57 Å². The van der Waals surface area contributed by atoms with E-state index in [1.165, 1.54) is 30.5 Å². The summed E-state index contributed by atoms with van der Waals surface area (Å²) in [5, 5.41) is 0.674. The Hall–Kier alpha value is -1.54. The summed E-state index contributed by atoms with van der Waals surface area (Å²) in [5.41, 5.74) is 4.39. The van der Waals surface area contributed by atoms with Crippen molar-refractivity contribution in [2.24, 2.45) is 5.92 Å². The van der Waals surface area contributed by atoms with Crippen molar-refractivity contribution in [3.05, 3.63) is 57.0 Å². The molecule has 3 heteroatoms. The van der Waals surface area contributed by atoms with E-state index in [0.29, 0.717) is 10.9 Å². The fraction of sp³-hybridized carbons (Fsp3) is 0.476. The van der Waals surface area contributed by atoms with Crippen molar-refractivity contribution < 1.29 is 0 Å². The van der Waals surface area contributed by atoms with Gasteiger partial charge in [0.1, 0.15) is 0 Å². The molecular formula is C21H26ClNO. The molecule has 1 aliphatic rings. The highest BCUT2D eigenvalue weighted by molar-refractivity contribution is 6.30. The third kappa shape index (κ3) is 3.44. The molecule has 1 aromatic heterocycles. The van der Waals surface area contributed by atoms with Crippen molar-refractivity contribution in [1.29, 1.82) is 0 Å². The number of nitrogens with zero attached hydrogens (tertiary/aromatic N) is 1. The van der Waals surface area contributed by atoms with Gasteiger partial charge in [-0.1, -0.05) is 50.4 Å². The molecule has 128 valence electrons. The first-order valence-electron chi connectivity index (χ1n) is 9.15. The zero-order chi connectivity index (χ0) is 17.1. The minimum Gasteiger partial charge on any atom is -0.312 e. The van der Waals surface area contributed by atoms with Gasteiger partial charge in [0.25, 0.3) is 5.56 Å². The number of pyridine rings is 1. The van der Waals surface area contributed by atoms with E-state index in [-0.39, 0.29) is 5.56 Å². The van der Waals surface area contributed by atoms with Crippen molar-refractivity contribution in [3.8, 4) is 11.1 Å². The molecule has 1 aromatic carbocycles. The Morgan fingerprint density at radius 1 is 1.21 bits per heavy atom. The maximum absolute atomic E-state index is 13.2.